The van der Waals surface area contributed by atoms with Crippen molar-refractivity contribution in [2.75, 3.05) is 0 Å². The molecular weight excluding hydrogens is 310 g/mol. The number of hydrogen-bond donors (Lipinski definition) is 1. The van der Waals surface area contributed by atoms with Gasteiger partial charge in [0.05, 0.1) is 12.5 Å². The maximum atomic E-state index is 12.9. The van der Waals surface area contributed by atoms with E-state index in [-0.39, 0.29) is 5.91 Å². The molecule has 0 spiro atoms. The molecule has 0 bridgehead atoms. The third kappa shape index (κ3) is 3.43. The summed E-state index contributed by atoms with van der Waals surface area (Å²) in [6, 6.07) is 14.2. The van der Waals surface area contributed by atoms with Crippen LogP contribution in [0.25, 0.3) is 10.9 Å². The van der Waals surface area contributed by atoms with Gasteiger partial charge in [0.2, 0.25) is 5.91 Å². The molecule has 4 nitrogen and oxygen atoms in total. The van der Waals surface area contributed by atoms with Crippen LogP contribution in [0.15, 0.2) is 59.9 Å². The van der Waals surface area contributed by atoms with Crippen LogP contribution in [0, 0.1) is 0 Å². The molecule has 1 aromatic carbocycles. The van der Waals surface area contributed by atoms with E-state index in [4.69, 9.17) is 4.99 Å². The van der Waals surface area contributed by atoms with Crippen molar-refractivity contribution in [3.05, 3.63) is 65.9 Å². The summed E-state index contributed by atoms with van der Waals surface area (Å²) in [4.78, 5) is 21.0. The monoisotopic (exact) mass is 333 g/mol. The molecule has 4 rings (SSSR count). The molecular formula is C21H23N3O. The Morgan fingerprint density at radius 1 is 1.08 bits per heavy atom. The first kappa shape index (κ1) is 15.9. The van der Waals surface area contributed by atoms with Gasteiger partial charge in [-0.1, -0.05) is 43.5 Å². The van der Waals surface area contributed by atoms with Gasteiger partial charge < -0.3 is 4.98 Å². The van der Waals surface area contributed by atoms with Gasteiger partial charge in [-0.05, 0) is 36.6 Å². The zero-order valence-corrected chi connectivity index (χ0v) is 14.3. The second kappa shape index (κ2) is 7.09. The molecule has 1 fully saturated rings. The minimum atomic E-state index is 0.0555. The highest BCUT2D eigenvalue weighted by atomic mass is 16.2. The van der Waals surface area contributed by atoms with Crippen molar-refractivity contribution in [1.82, 2.24) is 9.55 Å². The van der Waals surface area contributed by atoms with Gasteiger partial charge in [0, 0.05) is 23.3 Å². The summed E-state index contributed by atoms with van der Waals surface area (Å²) in [7, 11) is 0. The third-order valence-corrected chi connectivity index (χ3v) is 5.01. The molecule has 0 unspecified atom stereocenters. The van der Waals surface area contributed by atoms with Gasteiger partial charge in [-0.2, -0.15) is 0 Å². The topological polar surface area (TPSA) is 50.1 Å². The lowest BCUT2D eigenvalue weighted by atomic mass is 9.96. The van der Waals surface area contributed by atoms with Crippen LogP contribution >= 0.6 is 0 Å². The van der Waals surface area contributed by atoms with Gasteiger partial charge in [0.15, 0.2) is 0 Å². The van der Waals surface area contributed by atoms with Gasteiger partial charge >= 0.3 is 0 Å². The number of aromatic nitrogens is 2. The predicted octanol–water partition coefficient (Wildman–Crippen LogP) is 4.09. The number of hydrogen-bond acceptors (Lipinski definition) is 2. The molecule has 1 N–H and O–H groups in total. The average molecular weight is 333 g/mol. The molecule has 1 aliphatic carbocycles. The summed E-state index contributed by atoms with van der Waals surface area (Å²) in [5, 5.41) is 1.11. The highest BCUT2D eigenvalue weighted by Crippen LogP contribution is 2.20. The molecule has 0 saturated heterocycles. The van der Waals surface area contributed by atoms with Crippen molar-refractivity contribution in [2.45, 2.75) is 44.6 Å². The molecule has 128 valence electrons. The fourth-order valence-corrected chi connectivity index (χ4v) is 3.67. The van der Waals surface area contributed by atoms with E-state index in [0.29, 0.717) is 12.5 Å². The number of para-hydroxylation sites is 1. The Labute approximate surface area is 147 Å². The fourth-order valence-electron chi connectivity index (χ4n) is 3.67. The van der Waals surface area contributed by atoms with E-state index in [1.807, 2.05) is 48.8 Å². The summed E-state index contributed by atoms with van der Waals surface area (Å²) in [5.41, 5.74) is 2.87. The highest BCUT2D eigenvalue weighted by molar-refractivity contribution is 5.89. The lowest BCUT2D eigenvalue weighted by Gasteiger charge is -2.17. The van der Waals surface area contributed by atoms with Crippen LogP contribution in [0.2, 0.25) is 0 Å². The van der Waals surface area contributed by atoms with Crippen molar-refractivity contribution in [1.29, 1.82) is 0 Å². The van der Waals surface area contributed by atoms with Gasteiger partial charge in [0.25, 0.3) is 0 Å². The van der Waals surface area contributed by atoms with Crippen molar-refractivity contribution >= 4 is 16.8 Å². The van der Waals surface area contributed by atoms with E-state index in [2.05, 4.69) is 11.1 Å². The summed E-state index contributed by atoms with van der Waals surface area (Å²) in [6.45, 7) is 0. The van der Waals surface area contributed by atoms with Crippen LogP contribution in [0.1, 0.15) is 42.5 Å². The normalized spacial score (nSPS) is 16.4. The quantitative estimate of drug-likeness (QED) is 0.771. The van der Waals surface area contributed by atoms with Crippen molar-refractivity contribution < 1.29 is 4.79 Å². The minimum absolute atomic E-state index is 0.0555. The smallest absolute Gasteiger partial charge is 0.236 e. The number of carbonyl (C=O) groups excluding carboxylic acids is 1. The first-order chi connectivity index (χ1) is 12.3. The standard InChI is InChI=1S/C21H23N3O/c25-21(14-16-15-22-19-11-5-4-10-18(16)19)24-13-7-6-12-20(24)23-17-8-2-1-3-9-17/h4-7,10-13,15,17,22H,1-3,8-9,14H2. The van der Waals surface area contributed by atoms with Crippen LogP contribution in [-0.2, 0) is 6.42 Å². The Balaban J connectivity index is 1.63. The predicted molar refractivity (Wildman–Crippen MR) is 99.5 cm³/mol. The van der Waals surface area contributed by atoms with Gasteiger partial charge in [0.1, 0.15) is 5.49 Å². The number of pyridine rings is 1. The number of nitrogens with one attached hydrogen (secondary N) is 1. The Kier molecular flexibility index (Phi) is 4.51. The van der Waals surface area contributed by atoms with E-state index in [0.717, 1.165) is 34.8 Å². The average Bonchev–Trinajstić information content (AvgIpc) is 3.06. The Morgan fingerprint density at radius 3 is 2.76 bits per heavy atom. The van der Waals surface area contributed by atoms with Crippen molar-refractivity contribution in [3.63, 3.8) is 0 Å². The summed E-state index contributed by atoms with van der Waals surface area (Å²) in [5.74, 6) is 0.0555. The molecule has 0 radical (unpaired) electrons. The van der Waals surface area contributed by atoms with Crippen LogP contribution in [0.5, 0.6) is 0 Å². The molecule has 4 heteroatoms. The molecule has 0 atom stereocenters. The number of fused-ring (bicyclic) bond motifs is 1. The number of carbonyl (C=O) groups is 1. The van der Waals surface area contributed by atoms with Gasteiger partial charge in [-0.15, -0.1) is 0 Å². The Bertz CT molecular complexity index is 945. The first-order valence-corrected chi connectivity index (χ1v) is 9.11. The maximum Gasteiger partial charge on any atom is 0.236 e. The molecule has 3 aromatic rings. The number of benzene rings is 1. The zero-order chi connectivity index (χ0) is 17.1. The summed E-state index contributed by atoms with van der Waals surface area (Å²) in [6.07, 6.45) is 10.2. The zero-order valence-electron chi connectivity index (χ0n) is 14.3. The summed E-state index contributed by atoms with van der Waals surface area (Å²) >= 11 is 0. The van der Waals surface area contributed by atoms with E-state index in [1.54, 1.807) is 4.57 Å². The molecule has 0 amide bonds. The SMILES string of the molecule is O=C(Cc1c[nH]c2ccccc12)n1ccccc1=NC1CCCCC1. The summed E-state index contributed by atoms with van der Waals surface area (Å²) < 4.78 is 1.70. The Morgan fingerprint density at radius 2 is 1.88 bits per heavy atom. The second-order valence-corrected chi connectivity index (χ2v) is 6.78. The van der Waals surface area contributed by atoms with Crippen LogP contribution in [0.3, 0.4) is 0 Å². The maximum absolute atomic E-state index is 12.9. The number of rotatable bonds is 3. The number of H-pyrrole nitrogens is 1. The third-order valence-electron chi connectivity index (χ3n) is 5.01. The lowest BCUT2D eigenvalue weighted by molar-refractivity contribution is 0.0908. The highest BCUT2D eigenvalue weighted by Gasteiger charge is 2.14. The second-order valence-electron chi connectivity index (χ2n) is 6.78. The molecule has 2 aromatic heterocycles. The molecule has 1 saturated carbocycles. The largest absolute Gasteiger partial charge is 0.361 e. The van der Waals surface area contributed by atoms with Crippen LogP contribution < -0.4 is 5.49 Å². The Hall–Kier alpha value is -2.62. The molecule has 25 heavy (non-hydrogen) atoms. The van der Waals surface area contributed by atoms with Crippen LogP contribution in [-0.4, -0.2) is 21.5 Å². The minimum Gasteiger partial charge on any atom is -0.361 e. The lowest BCUT2D eigenvalue weighted by Crippen LogP contribution is -2.29. The molecule has 0 aliphatic heterocycles. The number of nitrogens with zero attached hydrogens (tertiary/aromatic N) is 2. The van der Waals surface area contributed by atoms with E-state index in [9.17, 15) is 4.79 Å². The van der Waals surface area contributed by atoms with Gasteiger partial charge in [-0.3, -0.25) is 14.4 Å². The number of aromatic amines is 1. The molecule has 1 aliphatic rings. The van der Waals surface area contributed by atoms with E-state index < -0.39 is 0 Å². The van der Waals surface area contributed by atoms with Gasteiger partial charge in [-0.25, -0.2) is 0 Å². The van der Waals surface area contributed by atoms with E-state index >= 15 is 0 Å². The first-order valence-electron chi connectivity index (χ1n) is 9.11. The van der Waals surface area contributed by atoms with Crippen molar-refractivity contribution in [2.24, 2.45) is 4.99 Å². The van der Waals surface area contributed by atoms with Crippen LogP contribution in [0.4, 0.5) is 0 Å². The fraction of sp³-hybridized carbons (Fsp3) is 0.333. The van der Waals surface area contributed by atoms with E-state index in [1.165, 1.54) is 19.3 Å². The molecule has 2 heterocycles. The van der Waals surface area contributed by atoms with Crippen molar-refractivity contribution in [3.8, 4) is 0 Å².